The van der Waals surface area contributed by atoms with E-state index in [-0.39, 0.29) is 0 Å². The van der Waals surface area contributed by atoms with Crippen LogP contribution >= 0.6 is 0 Å². The molecular weight excluding hydrogens is 202 g/mol. The summed E-state index contributed by atoms with van der Waals surface area (Å²) in [5, 5.41) is 9.35. The Balaban J connectivity index is 5.32. The highest BCUT2D eigenvalue weighted by atomic mass is 16.5. The lowest BCUT2D eigenvalue weighted by Gasteiger charge is -2.26. The molecular formula is C13H21NO2. The molecule has 0 rings (SSSR count). The third-order valence-electron chi connectivity index (χ3n) is 2.72. The van der Waals surface area contributed by atoms with E-state index >= 15 is 0 Å². The van der Waals surface area contributed by atoms with Crippen molar-refractivity contribution in [2.24, 2.45) is 5.41 Å². The van der Waals surface area contributed by atoms with Gasteiger partial charge in [0, 0.05) is 0 Å². The number of nitrogens with zero attached hydrogens (tertiary/aromatic N) is 1. The number of hydrogen-bond donors (Lipinski definition) is 0. The van der Waals surface area contributed by atoms with Crippen molar-refractivity contribution in [3.63, 3.8) is 0 Å². The fourth-order valence-electron chi connectivity index (χ4n) is 1.95. The van der Waals surface area contributed by atoms with E-state index in [0.29, 0.717) is 19.4 Å². The molecule has 0 aromatic rings. The summed E-state index contributed by atoms with van der Waals surface area (Å²) in [6, 6.07) is 2.16. The van der Waals surface area contributed by atoms with E-state index in [1.54, 1.807) is 6.92 Å². The van der Waals surface area contributed by atoms with Crippen LogP contribution in [0.1, 0.15) is 47.0 Å². The Labute approximate surface area is 98.1 Å². The van der Waals surface area contributed by atoms with Crippen molar-refractivity contribution in [2.75, 3.05) is 6.61 Å². The summed E-state index contributed by atoms with van der Waals surface area (Å²) in [5.41, 5.74) is -0.218. The Morgan fingerprint density at radius 1 is 1.44 bits per heavy atom. The molecule has 0 saturated heterocycles. The zero-order valence-corrected chi connectivity index (χ0v) is 10.7. The molecule has 0 aliphatic rings. The molecule has 0 N–H and O–H groups in total. The van der Waals surface area contributed by atoms with Crippen molar-refractivity contribution >= 4 is 5.97 Å². The normalized spacial score (nSPS) is 15.1. The van der Waals surface area contributed by atoms with Crippen molar-refractivity contribution in [3.8, 4) is 6.07 Å². The minimum absolute atomic E-state index is 0.312. The first kappa shape index (κ1) is 14.7. The quantitative estimate of drug-likeness (QED) is 0.513. The summed E-state index contributed by atoms with van der Waals surface area (Å²) in [5.74, 6) is -0.408. The smallest absolute Gasteiger partial charge is 0.330 e. The summed E-state index contributed by atoms with van der Waals surface area (Å²) in [6.07, 6.45) is 3.86. The monoisotopic (exact) mass is 223 g/mol. The number of carbonyl (C=O) groups excluding carboxylic acids is 1. The molecule has 3 nitrogen and oxygen atoms in total. The van der Waals surface area contributed by atoms with Gasteiger partial charge in [-0.25, -0.2) is 4.79 Å². The lowest BCUT2D eigenvalue weighted by Crippen LogP contribution is -2.33. The van der Waals surface area contributed by atoms with Gasteiger partial charge in [-0.15, -0.1) is 0 Å². The van der Waals surface area contributed by atoms with Crippen molar-refractivity contribution in [2.45, 2.75) is 47.0 Å². The van der Waals surface area contributed by atoms with Gasteiger partial charge < -0.3 is 4.74 Å². The molecule has 0 saturated carbocycles. The minimum atomic E-state index is -1.08. The maximum atomic E-state index is 12.0. The zero-order chi connectivity index (χ0) is 12.6. The average Bonchev–Trinajstić information content (AvgIpc) is 2.29. The maximum Gasteiger partial charge on any atom is 0.330 e. The second kappa shape index (κ2) is 7.05. The Morgan fingerprint density at radius 2 is 2.06 bits per heavy atom. The highest BCUT2D eigenvalue weighted by Crippen LogP contribution is 2.35. The fourth-order valence-corrected chi connectivity index (χ4v) is 1.95. The van der Waals surface area contributed by atoms with E-state index in [1.807, 2.05) is 26.8 Å². The van der Waals surface area contributed by atoms with Crippen LogP contribution in [0.4, 0.5) is 0 Å². The van der Waals surface area contributed by atoms with Crippen molar-refractivity contribution in [3.05, 3.63) is 11.6 Å². The van der Waals surface area contributed by atoms with E-state index in [2.05, 4.69) is 6.07 Å². The largest absolute Gasteiger partial charge is 0.465 e. The summed E-state index contributed by atoms with van der Waals surface area (Å²) >= 11 is 0. The number of rotatable bonds is 6. The predicted octanol–water partition coefficient (Wildman–Crippen LogP) is 3.22. The van der Waals surface area contributed by atoms with Crippen LogP contribution in [0.3, 0.4) is 0 Å². The first-order valence-corrected chi connectivity index (χ1v) is 5.86. The number of ether oxygens (including phenoxy) is 1. The molecule has 0 aliphatic heterocycles. The second-order valence-electron chi connectivity index (χ2n) is 3.66. The lowest BCUT2D eigenvalue weighted by atomic mass is 9.76. The van der Waals surface area contributed by atoms with Gasteiger partial charge in [-0.05, 0) is 32.3 Å². The number of nitriles is 1. The molecule has 0 aromatic heterocycles. The summed E-state index contributed by atoms with van der Waals surface area (Å²) in [4.78, 5) is 12.0. The molecule has 0 aliphatic carbocycles. The van der Waals surface area contributed by atoms with Crippen molar-refractivity contribution < 1.29 is 9.53 Å². The summed E-state index contributed by atoms with van der Waals surface area (Å²) in [6.45, 7) is 7.85. The first-order valence-electron chi connectivity index (χ1n) is 5.86. The number of allylic oxidation sites excluding steroid dienone is 1. The predicted molar refractivity (Wildman–Crippen MR) is 63.6 cm³/mol. The maximum absolute atomic E-state index is 12.0. The molecule has 0 heterocycles. The van der Waals surface area contributed by atoms with Crippen LogP contribution in [-0.2, 0) is 9.53 Å². The SMILES string of the molecule is C/C=C(\CC)[C@](C#N)(CCC)C(=O)OCC. The van der Waals surface area contributed by atoms with Gasteiger partial charge in [-0.2, -0.15) is 5.26 Å². The Hall–Kier alpha value is -1.30. The van der Waals surface area contributed by atoms with Gasteiger partial charge in [0.25, 0.3) is 0 Å². The lowest BCUT2D eigenvalue weighted by molar-refractivity contribution is -0.150. The molecule has 0 spiro atoms. The van der Waals surface area contributed by atoms with Gasteiger partial charge in [0.05, 0.1) is 12.7 Å². The van der Waals surface area contributed by atoms with Crippen LogP contribution in [0.2, 0.25) is 0 Å². The van der Waals surface area contributed by atoms with Crippen LogP contribution in [0, 0.1) is 16.7 Å². The molecule has 0 fully saturated rings. The van der Waals surface area contributed by atoms with Crippen molar-refractivity contribution in [1.29, 1.82) is 5.26 Å². The molecule has 0 bridgehead atoms. The molecule has 3 heteroatoms. The average molecular weight is 223 g/mol. The van der Waals surface area contributed by atoms with Crippen LogP contribution in [0.5, 0.6) is 0 Å². The minimum Gasteiger partial charge on any atom is -0.465 e. The Bertz CT molecular complexity index is 302. The van der Waals surface area contributed by atoms with Gasteiger partial charge in [0.2, 0.25) is 0 Å². The highest BCUT2D eigenvalue weighted by Gasteiger charge is 2.42. The molecule has 0 radical (unpaired) electrons. The molecule has 16 heavy (non-hydrogen) atoms. The number of carbonyl (C=O) groups is 1. The van der Waals surface area contributed by atoms with Gasteiger partial charge in [-0.3, -0.25) is 0 Å². The fraction of sp³-hybridized carbons (Fsp3) is 0.692. The molecule has 0 unspecified atom stereocenters. The molecule has 1 atom stereocenters. The number of esters is 1. The third kappa shape index (κ3) is 2.85. The van der Waals surface area contributed by atoms with Gasteiger partial charge in [-0.1, -0.05) is 26.3 Å². The third-order valence-corrected chi connectivity index (χ3v) is 2.72. The highest BCUT2D eigenvalue weighted by molar-refractivity contribution is 5.84. The standard InChI is InChI=1S/C13H21NO2/c1-5-9-13(10-14,11(6-2)7-3)12(15)16-8-4/h6H,5,7-9H2,1-4H3/b11-6+/t13-/m1/s1. The second-order valence-corrected chi connectivity index (χ2v) is 3.66. The van der Waals surface area contributed by atoms with Crippen molar-refractivity contribution in [1.82, 2.24) is 0 Å². The Morgan fingerprint density at radius 3 is 2.38 bits per heavy atom. The number of hydrogen-bond acceptors (Lipinski definition) is 3. The zero-order valence-electron chi connectivity index (χ0n) is 10.7. The van der Waals surface area contributed by atoms with Crippen LogP contribution in [0.15, 0.2) is 11.6 Å². The van der Waals surface area contributed by atoms with E-state index in [1.165, 1.54) is 0 Å². The van der Waals surface area contributed by atoms with Crippen LogP contribution < -0.4 is 0 Å². The van der Waals surface area contributed by atoms with Crippen LogP contribution in [-0.4, -0.2) is 12.6 Å². The molecule has 90 valence electrons. The van der Waals surface area contributed by atoms with E-state index in [4.69, 9.17) is 4.74 Å². The molecule has 0 aromatic carbocycles. The molecule has 0 amide bonds. The van der Waals surface area contributed by atoms with E-state index < -0.39 is 11.4 Å². The first-order chi connectivity index (χ1) is 7.62. The van der Waals surface area contributed by atoms with Gasteiger partial charge in [0.15, 0.2) is 5.41 Å². The van der Waals surface area contributed by atoms with E-state index in [0.717, 1.165) is 12.0 Å². The van der Waals surface area contributed by atoms with Gasteiger partial charge >= 0.3 is 5.97 Å². The van der Waals surface area contributed by atoms with Crippen LogP contribution in [0.25, 0.3) is 0 Å². The van der Waals surface area contributed by atoms with E-state index in [9.17, 15) is 10.1 Å². The Kier molecular flexibility index (Phi) is 6.48. The summed E-state index contributed by atoms with van der Waals surface area (Å²) < 4.78 is 5.03. The van der Waals surface area contributed by atoms with Gasteiger partial charge in [0.1, 0.15) is 0 Å². The topological polar surface area (TPSA) is 50.1 Å². The summed E-state index contributed by atoms with van der Waals surface area (Å²) in [7, 11) is 0.